The summed E-state index contributed by atoms with van der Waals surface area (Å²) in [5.41, 5.74) is 0.216. The quantitative estimate of drug-likeness (QED) is 0.849. The standard InChI is InChI=1S/C18H23FN2O3/c1-3-8-21-14-6-4-12(17(21)22)10-20(11-14)18(23)15-9-13(19)5-7-16(15)24-2/h5,7,9,12,14H,3-4,6,8,10-11H2,1-2H3/t12-,14+/m1/s1. The lowest BCUT2D eigenvalue weighted by atomic mass is 9.94. The van der Waals surface area contributed by atoms with Crippen molar-refractivity contribution < 1.29 is 18.7 Å². The van der Waals surface area contributed by atoms with Crippen molar-refractivity contribution in [2.75, 3.05) is 26.7 Å². The maximum absolute atomic E-state index is 13.6. The summed E-state index contributed by atoms with van der Waals surface area (Å²) in [6.07, 6.45) is 2.63. The van der Waals surface area contributed by atoms with Crippen LogP contribution in [0.3, 0.4) is 0 Å². The van der Waals surface area contributed by atoms with Gasteiger partial charge in [0.25, 0.3) is 5.91 Å². The van der Waals surface area contributed by atoms with Crippen LogP contribution in [-0.2, 0) is 4.79 Å². The Balaban J connectivity index is 1.87. The van der Waals surface area contributed by atoms with E-state index < -0.39 is 5.82 Å². The molecule has 1 aromatic rings. The zero-order chi connectivity index (χ0) is 17.3. The minimum absolute atomic E-state index is 0.0553. The first-order valence-electron chi connectivity index (χ1n) is 8.48. The lowest BCUT2D eigenvalue weighted by molar-refractivity contribution is -0.139. The maximum atomic E-state index is 13.6. The Labute approximate surface area is 141 Å². The Kier molecular flexibility index (Phi) is 4.73. The summed E-state index contributed by atoms with van der Waals surface area (Å²) >= 11 is 0. The van der Waals surface area contributed by atoms with E-state index in [2.05, 4.69) is 0 Å². The van der Waals surface area contributed by atoms with Gasteiger partial charge in [0.2, 0.25) is 5.91 Å². The van der Waals surface area contributed by atoms with Crippen molar-refractivity contribution in [2.24, 2.45) is 5.92 Å². The second-order valence-electron chi connectivity index (χ2n) is 6.51. The van der Waals surface area contributed by atoms with Crippen LogP contribution in [0.2, 0.25) is 0 Å². The molecule has 4 rings (SSSR count). The van der Waals surface area contributed by atoms with E-state index in [-0.39, 0.29) is 29.3 Å². The third-order valence-corrected chi connectivity index (χ3v) is 4.94. The van der Waals surface area contributed by atoms with E-state index in [9.17, 15) is 14.0 Å². The Morgan fingerprint density at radius 3 is 2.83 bits per heavy atom. The molecule has 6 heteroatoms. The highest BCUT2D eigenvalue weighted by Gasteiger charge is 2.41. The second kappa shape index (κ2) is 6.79. The van der Waals surface area contributed by atoms with Gasteiger partial charge in [-0.25, -0.2) is 4.39 Å². The normalized spacial score (nSPS) is 23.4. The van der Waals surface area contributed by atoms with Gasteiger partial charge in [-0.05, 0) is 37.5 Å². The van der Waals surface area contributed by atoms with Crippen molar-refractivity contribution in [3.63, 3.8) is 0 Å². The van der Waals surface area contributed by atoms with Crippen LogP contribution < -0.4 is 4.74 Å². The van der Waals surface area contributed by atoms with Gasteiger partial charge in [-0.15, -0.1) is 0 Å². The molecule has 24 heavy (non-hydrogen) atoms. The van der Waals surface area contributed by atoms with E-state index >= 15 is 0 Å². The van der Waals surface area contributed by atoms with Gasteiger partial charge in [-0.3, -0.25) is 9.59 Å². The zero-order valence-corrected chi connectivity index (χ0v) is 14.1. The fourth-order valence-electron chi connectivity index (χ4n) is 3.76. The highest BCUT2D eigenvalue weighted by Crippen LogP contribution is 2.31. The molecule has 3 heterocycles. The molecule has 3 aliphatic rings. The van der Waals surface area contributed by atoms with E-state index in [4.69, 9.17) is 4.74 Å². The Morgan fingerprint density at radius 2 is 2.12 bits per heavy atom. The van der Waals surface area contributed by atoms with E-state index in [1.807, 2.05) is 11.8 Å². The summed E-state index contributed by atoms with van der Waals surface area (Å²) in [5.74, 6) is -0.391. The molecule has 0 unspecified atom stereocenters. The maximum Gasteiger partial charge on any atom is 0.257 e. The minimum Gasteiger partial charge on any atom is -0.496 e. The van der Waals surface area contributed by atoms with E-state index in [1.54, 1.807) is 4.90 Å². The number of nitrogens with zero attached hydrogens (tertiary/aromatic N) is 2. The van der Waals surface area contributed by atoms with E-state index in [1.165, 1.54) is 25.3 Å². The van der Waals surface area contributed by atoms with E-state index in [0.29, 0.717) is 18.8 Å². The first-order chi connectivity index (χ1) is 11.5. The van der Waals surface area contributed by atoms with Crippen LogP contribution in [0, 0.1) is 11.7 Å². The monoisotopic (exact) mass is 334 g/mol. The lowest BCUT2D eigenvalue weighted by Gasteiger charge is -2.35. The number of carbonyl (C=O) groups excluding carboxylic acids is 2. The SMILES string of the molecule is CCCN1C(=O)[C@@H]2CC[C@H]1CN(C(=O)c1cc(F)ccc1OC)C2. The molecule has 0 aliphatic carbocycles. The fourth-order valence-corrected chi connectivity index (χ4v) is 3.76. The highest BCUT2D eigenvalue weighted by atomic mass is 19.1. The minimum atomic E-state index is -0.472. The van der Waals surface area contributed by atoms with Gasteiger partial charge < -0.3 is 14.5 Å². The summed E-state index contributed by atoms with van der Waals surface area (Å²) < 4.78 is 18.8. The zero-order valence-electron chi connectivity index (χ0n) is 14.1. The number of amides is 2. The summed E-state index contributed by atoms with van der Waals surface area (Å²) in [6, 6.07) is 4.00. The van der Waals surface area contributed by atoms with Crippen LogP contribution in [0.5, 0.6) is 5.75 Å². The summed E-state index contributed by atoms with van der Waals surface area (Å²) in [5, 5.41) is 0. The molecule has 2 bridgehead atoms. The van der Waals surface area contributed by atoms with Gasteiger partial charge in [0, 0.05) is 25.7 Å². The molecular weight excluding hydrogens is 311 g/mol. The van der Waals surface area contributed by atoms with E-state index in [0.717, 1.165) is 25.8 Å². The number of ether oxygens (including phenoxy) is 1. The number of hydrogen-bond acceptors (Lipinski definition) is 3. The number of piperidine rings is 1. The van der Waals surface area contributed by atoms with Crippen LogP contribution in [-0.4, -0.2) is 54.4 Å². The highest BCUT2D eigenvalue weighted by molar-refractivity contribution is 5.97. The molecule has 3 fully saturated rings. The van der Waals surface area contributed by atoms with Crippen molar-refractivity contribution in [1.29, 1.82) is 0 Å². The fraction of sp³-hybridized carbons (Fsp3) is 0.556. The molecule has 0 radical (unpaired) electrons. The molecule has 3 aliphatic heterocycles. The summed E-state index contributed by atoms with van der Waals surface area (Å²) in [7, 11) is 1.46. The first-order valence-corrected chi connectivity index (χ1v) is 8.48. The smallest absolute Gasteiger partial charge is 0.257 e. The van der Waals surface area contributed by atoms with Crippen LogP contribution >= 0.6 is 0 Å². The van der Waals surface area contributed by atoms with Crippen molar-refractivity contribution in [3.8, 4) is 5.75 Å². The van der Waals surface area contributed by atoms with Gasteiger partial charge in [0.05, 0.1) is 18.6 Å². The van der Waals surface area contributed by atoms with Gasteiger partial charge in [0.15, 0.2) is 0 Å². The molecule has 2 amide bonds. The number of fused-ring (bicyclic) bond motifs is 4. The van der Waals surface area contributed by atoms with Crippen molar-refractivity contribution >= 4 is 11.8 Å². The molecule has 130 valence electrons. The third kappa shape index (κ3) is 2.97. The van der Waals surface area contributed by atoms with Crippen molar-refractivity contribution in [2.45, 2.75) is 32.2 Å². The Hall–Kier alpha value is -2.11. The van der Waals surface area contributed by atoms with Crippen LogP contribution in [0.25, 0.3) is 0 Å². The predicted octanol–water partition coefficient (Wildman–Crippen LogP) is 2.31. The van der Waals surface area contributed by atoms with Gasteiger partial charge in [-0.1, -0.05) is 6.92 Å². The molecular formula is C18H23FN2O3. The number of hydrogen-bond donors (Lipinski definition) is 0. The largest absolute Gasteiger partial charge is 0.496 e. The molecule has 0 aromatic heterocycles. The molecule has 3 saturated heterocycles. The topological polar surface area (TPSA) is 49.9 Å². The van der Waals surface area contributed by atoms with Crippen molar-refractivity contribution in [3.05, 3.63) is 29.6 Å². The van der Waals surface area contributed by atoms with Crippen molar-refractivity contribution in [1.82, 2.24) is 9.80 Å². The lowest BCUT2D eigenvalue weighted by Crippen LogP contribution is -2.48. The predicted molar refractivity (Wildman–Crippen MR) is 87.4 cm³/mol. The summed E-state index contributed by atoms with van der Waals surface area (Å²) in [6.45, 7) is 3.67. The third-order valence-electron chi connectivity index (χ3n) is 4.94. The number of halogens is 1. The molecule has 0 saturated carbocycles. The van der Waals surface area contributed by atoms with Crippen LogP contribution in [0.4, 0.5) is 4.39 Å². The van der Waals surface area contributed by atoms with Crippen LogP contribution in [0.1, 0.15) is 36.5 Å². The second-order valence-corrected chi connectivity index (χ2v) is 6.51. The van der Waals surface area contributed by atoms with Gasteiger partial charge in [0.1, 0.15) is 11.6 Å². The molecule has 2 atom stereocenters. The Bertz CT molecular complexity index is 649. The number of benzene rings is 1. The Morgan fingerprint density at radius 1 is 1.33 bits per heavy atom. The molecule has 1 aromatic carbocycles. The van der Waals surface area contributed by atoms with Gasteiger partial charge >= 0.3 is 0 Å². The molecule has 0 spiro atoms. The van der Waals surface area contributed by atoms with Crippen LogP contribution in [0.15, 0.2) is 18.2 Å². The van der Waals surface area contributed by atoms with Gasteiger partial charge in [-0.2, -0.15) is 0 Å². The summed E-state index contributed by atoms with van der Waals surface area (Å²) in [4.78, 5) is 29.1. The number of methoxy groups -OCH3 is 1. The molecule has 5 nitrogen and oxygen atoms in total. The average molecular weight is 334 g/mol. The molecule has 0 N–H and O–H groups in total. The number of rotatable bonds is 4. The first kappa shape index (κ1) is 16.7. The average Bonchev–Trinajstić information content (AvgIpc) is 2.87. The number of carbonyl (C=O) groups is 2.